The topological polar surface area (TPSA) is 94.4 Å². The molecule has 1 N–H and O–H groups in total. The summed E-state index contributed by atoms with van der Waals surface area (Å²) in [6.45, 7) is -0.0804. The first-order chi connectivity index (χ1) is 15.0. The van der Waals surface area contributed by atoms with E-state index in [1.165, 1.54) is 7.11 Å². The standard InChI is InChI=1S/C23H26ClNO6/c1-29-20(27)14-31-25-16-8-6-4-2-3-5-7-11-30-23(28)21-17(15-9-10-15)13-19(26)22(24)18(21)12-16/h3,5-6,8,13,15,26H,2,4,7,9-12,14H2,1H3/b5-3+,8-6+,25-16-. The Balaban J connectivity index is 2.02. The number of rotatable bonds is 4. The Morgan fingerprint density at radius 1 is 1.26 bits per heavy atom. The van der Waals surface area contributed by atoms with Crippen molar-refractivity contribution in [1.82, 2.24) is 0 Å². The minimum absolute atomic E-state index is 0.0809. The number of carbonyl (C=O) groups is 2. The van der Waals surface area contributed by atoms with E-state index in [0.29, 0.717) is 23.3 Å². The summed E-state index contributed by atoms with van der Waals surface area (Å²) in [6, 6.07) is 1.56. The third kappa shape index (κ3) is 6.34. The molecule has 3 rings (SSSR count). The molecule has 166 valence electrons. The third-order valence-electron chi connectivity index (χ3n) is 5.04. The molecule has 7 nitrogen and oxygen atoms in total. The molecule has 0 radical (unpaired) electrons. The van der Waals surface area contributed by atoms with Crippen molar-refractivity contribution in [2.24, 2.45) is 5.16 Å². The van der Waals surface area contributed by atoms with Crippen LogP contribution in [0.5, 0.6) is 5.75 Å². The number of ether oxygens (including phenoxy) is 2. The number of oxime groups is 1. The molecule has 0 unspecified atom stereocenters. The quantitative estimate of drug-likeness (QED) is 0.416. The van der Waals surface area contributed by atoms with Gasteiger partial charge in [-0.15, -0.1) is 0 Å². The van der Waals surface area contributed by atoms with Crippen LogP contribution in [0.2, 0.25) is 5.02 Å². The monoisotopic (exact) mass is 447 g/mol. The van der Waals surface area contributed by atoms with Crippen LogP contribution in [-0.4, -0.2) is 43.1 Å². The first-order valence-corrected chi connectivity index (χ1v) is 10.7. The summed E-state index contributed by atoms with van der Waals surface area (Å²) < 4.78 is 10.1. The van der Waals surface area contributed by atoms with Crippen LogP contribution >= 0.6 is 11.6 Å². The highest BCUT2D eigenvalue weighted by Gasteiger charge is 2.33. The average Bonchev–Trinajstić information content (AvgIpc) is 3.59. The molecule has 1 heterocycles. The maximum Gasteiger partial charge on any atom is 0.346 e. The SMILES string of the molecule is COC(=O)CO/N=C1/C=C/CC/C=C/CCOC(=O)c2c(C3CC3)cc(O)c(Cl)c2C1. The van der Waals surface area contributed by atoms with E-state index in [-0.39, 0.29) is 36.3 Å². The lowest BCUT2D eigenvalue weighted by molar-refractivity contribution is -0.145. The molecular weight excluding hydrogens is 422 g/mol. The van der Waals surface area contributed by atoms with E-state index in [0.717, 1.165) is 31.2 Å². The Bertz CT molecular complexity index is 917. The van der Waals surface area contributed by atoms with Crippen LogP contribution in [0, 0.1) is 0 Å². The molecule has 1 fully saturated rings. The highest BCUT2D eigenvalue weighted by molar-refractivity contribution is 6.33. The number of benzene rings is 1. The van der Waals surface area contributed by atoms with E-state index in [1.54, 1.807) is 12.1 Å². The van der Waals surface area contributed by atoms with Gasteiger partial charge in [-0.2, -0.15) is 0 Å². The molecule has 8 heteroatoms. The first-order valence-electron chi connectivity index (χ1n) is 10.3. The Hall–Kier alpha value is -2.80. The minimum atomic E-state index is -0.560. The maximum atomic E-state index is 13.0. The molecule has 0 aromatic heterocycles. The number of allylic oxidation sites excluding steroid dienone is 3. The Labute approximate surface area is 186 Å². The average molecular weight is 448 g/mol. The molecule has 1 aliphatic carbocycles. The number of esters is 2. The number of carbonyl (C=O) groups excluding carboxylic acids is 2. The van der Waals surface area contributed by atoms with Crippen LogP contribution in [0.25, 0.3) is 0 Å². The predicted octanol–water partition coefficient (Wildman–Crippen LogP) is 4.46. The number of cyclic esters (lactones) is 1. The molecule has 1 aliphatic heterocycles. The summed E-state index contributed by atoms with van der Waals surface area (Å²) in [5.74, 6) is -0.925. The normalized spacial score (nSPS) is 20.8. The van der Waals surface area contributed by atoms with Gasteiger partial charge in [-0.1, -0.05) is 35.0 Å². The third-order valence-corrected chi connectivity index (χ3v) is 5.46. The van der Waals surface area contributed by atoms with Crippen LogP contribution < -0.4 is 0 Å². The van der Waals surface area contributed by atoms with Crippen molar-refractivity contribution in [3.63, 3.8) is 0 Å². The van der Waals surface area contributed by atoms with Crippen molar-refractivity contribution < 1.29 is 29.0 Å². The smallest absolute Gasteiger partial charge is 0.346 e. The van der Waals surface area contributed by atoms with Crippen molar-refractivity contribution in [3.05, 3.63) is 52.1 Å². The number of phenols is 1. The fraction of sp³-hybridized carbons (Fsp3) is 0.435. The van der Waals surface area contributed by atoms with Gasteiger partial charge in [0.1, 0.15) is 5.75 Å². The van der Waals surface area contributed by atoms with E-state index < -0.39 is 11.9 Å². The number of aromatic hydroxyl groups is 1. The summed E-state index contributed by atoms with van der Waals surface area (Å²) in [7, 11) is 1.26. The van der Waals surface area contributed by atoms with E-state index in [1.807, 2.05) is 18.2 Å². The Kier molecular flexibility index (Phi) is 8.12. The molecule has 31 heavy (non-hydrogen) atoms. The summed E-state index contributed by atoms with van der Waals surface area (Å²) >= 11 is 6.43. The van der Waals surface area contributed by atoms with Crippen molar-refractivity contribution in [1.29, 1.82) is 0 Å². The molecule has 0 spiro atoms. The van der Waals surface area contributed by atoms with Gasteiger partial charge in [0.25, 0.3) is 0 Å². The zero-order valence-corrected chi connectivity index (χ0v) is 18.2. The molecule has 1 aromatic rings. The van der Waals surface area contributed by atoms with Gasteiger partial charge >= 0.3 is 11.9 Å². The number of halogens is 1. The summed E-state index contributed by atoms with van der Waals surface area (Å²) in [5.41, 5.74) is 2.00. The largest absolute Gasteiger partial charge is 0.506 e. The van der Waals surface area contributed by atoms with Gasteiger partial charge in [0, 0.05) is 6.42 Å². The highest BCUT2D eigenvalue weighted by Crippen LogP contribution is 2.46. The van der Waals surface area contributed by atoms with E-state index >= 15 is 0 Å². The van der Waals surface area contributed by atoms with Crippen molar-refractivity contribution in [2.75, 3.05) is 20.3 Å². The van der Waals surface area contributed by atoms with Gasteiger partial charge in [-0.05, 0) is 61.3 Å². The number of phenolic OH excluding ortho intramolecular Hbond substituents is 1. The number of hydrogen-bond donors (Lipinski definition) is 1. The molecular formula is C23H26ClNO6. The predicted molar refractivity (Wildman–Crippen MR) is 117 cm³/mol. The number of methoxy groups -OCH3 is 1. The van der Waals surface area contributed by atoms with Crippen LogP contribution in [0.4, 0.5) is 0 Å². The van der Waals surface area contributed by atoms with Gasteiger partial charge in [-0.3, -0.25) is 0 Å². The molecule has 0 bridgehead atoms. The molecule has 0 amide bonds. The highest BCUT2D eigenvalue weighted by atomic mass is 35.5. The first kappa shape index (κ1) is 22.9. The lowest BCUT2D eigenvalue weighted by atomic mass is 9.93. The Morgan fingerprint density at radius 2 is 2.00 bits per heavy atom. The van der Waals surface area contributed by atoms with Gasteiger partial charge in [0.05, 0.1) is 30.0 Å². The van der Waals surface area contributed by atoms with Crippen LogP contribution in [0.3, 0.4) is 0 Å². The Morgan fingerprint density at radius 3 is 2.74 bits per heavy atom. The van der Waals surface area contributed by atoms with Gasteiger partial charge < -0.3 is 19.4 Å². The van der Waals surface area contributed by atoms with Crippen molar-refractivity contribution in [2.45, 2.75) is 44.4 Å². The molecule has 1 aromatic carbocycles. The van der Waals surface area contributed by atoms with Gasteiger partial charge in [-0.25, -0.2) is 9.59 Å². The van der Waals surface area contributed by atoms with Gasteiger partial charge in [0.2, 0.25) is 6.61 Å². The zero-order chi connectivity index (χ0) is 22.2. The maximum absolute atomic E-state index is 13.0. The van der Waals surface area contributed by atoms with Crippen molar-refractivity contribution >= 4 is 29.3 Å². The molecule has 2 aliphatic rings. The van der Waals surface area contributed by atoms with Crippen LogP contribution in [-0.2, 0) is 25.5 Å². The number of hydrogen-bond acceptors (Lipinski definition) is 7. The van der Waals surface area contributed by atoms with Crippen molar-refractivity contribution in [3.8, 4) is 5.75 Å². The second kappa shape index (κ2) is 11.0. The van der Waals surface area contributed by atoms with E-state index in [9.17, 15) is 14.7 Å². The summed E-state index contributed by atoms with van der Waals surface area (Å²) in [4.78, 5) is 29.5. The number of fused-ring (bicyclic) bond motifs is 1. The second-order valence-corrected chi connectivity index (χ2v) is 7.79. The number of nitrogens with zero attached hydrogens (tertiary/aromatic N) is 1. The van der Waals surface area contributed by atoms with Crippen LogP contribution in [0.1, 0.15) is 59.5 Å². The fourth-order valence-corrected chi connectivity index (χ4v) is 3.53. The van der Waals surface area contributed by atoms with Crippen LogP contribution in [0.15, 0.2) is 35.5 Å². The van der Waals surface area contributed by atoms with E-state index in [2.05, 4.69) is 9.89 Å². The minimum Gasteiger partial charge on any atom is -0.506 e. The fourth-order valence-electron chi connectivity index (χ4n) is 3.31. The lowest BCUT2D eigenvalue weighted by Crippen LogP contribution is -2.16. The summed E-state index contributed by atoms with van der Waals surface area (Å²) in [5, 5.41) is 14.5. The molecule has 1 saturated carbocycles. The second-order valence-electron chi connectivity index (χ2n) is 7.41. The molecule has 0 atom stereocenters. The zero-order valence-electron chi connectivity index (χ0n) is 17.4. The summed E-state index contributed by atoms with van der Waals surface area (Å²) in [6.07, 6.45) is 12.0. The van der Waals surface area contributed by atoms with E-state index in [4.69, 9.17) is 21.2 Å². The lowest BCUT2D eigenvalue weighted by Gasteiger charge is -2.17. The van der Waals surface area contributed by atoms with Gasteiger partial charge in [0.15, 0.2) is 0 Å². The molecule has 0 saturated heterocycles.